The molecule has 0 aliphatic carbocycles. The molecule has 0 saturated carbocycles. The summed E-state index contributed by atoms with van der Waals surface area (Å²) in [5.74, 6) is 6.55. The van der Waals surface area contributed by atoms with Crippen molar-refractivity contribution in [3.8, 4) is 79.8 Å². The summed E-state index contributed by atoms with van der Waals surface area (Å²) < 4.78 is 25.0. The van der Waals surface area contributed by atoms with Gasteiger partial charge in [-0.2, -0.15) is 0 Å². The van der Waals surface area contributed by atoms with Crippen LogP contribution in [0.1, 0.15) is 0 Å². The van der Waals surface area contributed by atoms with Gasteiger partial charge in [-0.1, -0.05) is 132 Å². The second-order valence-electron chi connectivity index (χ2n) is 15.9. The molecule has 0 atom stereocenters. The molecule has 0 amide bonds. The van der Waals surface area contributed by atoms with E-state index < -0.39 is 0 Å². The third-order valence-corrected chi connectivity index (χ3v) is 12.0. The van der Waals surface area contributed by atoms with Gasteiger partial charge in [0.15, 0.2) is 0 Å². The first-order valence-corrected chi connectivity index (χ1v) is 21.7. The summed E-state index contributed by atoms with van der Waals surface area (Å²) in [5.41, 5.74) is 12.1. The van der Waals surface area contributed by atoms with E-state index in [1.54, 1.807) is 18.6 Å². The third-order valence-electron chi connectivity index (χ3n) is 12.0. The van der Waals surface area contributed by atoms with Crippen molar-refractivity contribution in [2.75, 3.05) is 0 Å². The van der Waals surface area contributed by atoms with Gasteiger partial charge in [0.1, 0.15) is 23.0 Å². The number of pyridine rings is 3. The summed E-state index contributed by atoms with van der Waals surface area (Å²) in [6, 6.07) is 72.2. The molecule has 328 valence electrons. The Morgan fingerprint density at radius 3 is 1.06 bits per heavy atom. The predicted octanol–water partition coefficient (Wildman–Crippen LogP) is 9.10. The van der Waals surface area contributed by atoms with Crippen LogP contribution < -0.4 is 51.7 Å². The Morgan fingerprint density at radius 2 is 0.691 bits per heavy atom. The molecule has 0 spiro atoms. The zero-order chi connectivity index (χ0) is 43.8. The Labute approximate surface area is 422 Å². The van der Waals surface area contributed by atoms with Crippen LogP contribution in [0.5, 0.6) is 46.0 Å². The monoisotopic (exact) mass is 1230 g/mol. The maximum absolute atomic E-state index is 6.27. The minimum atomic E-state index is 0. The number of benzene rings is 7. The van der Waals surface area contributed by atoms with Crippen molar-refractivity contribution in [2.45, 2.75) is 0 Å². The molecule has 0 unspecified atom stereocenters. The van der Waals surface area contributed by atoms with Crippen LogP contribution in [0.15, 0.2) is 207 Å². The van der Waals surface area contributed by atoms with E-state index >= 15 is 0 Å². The van der Waals surface area contributed by atoms with E-state index in [1.807, 2.05) is 140 Å². The topological polar surface area (TPSA) is 75.6 Å². The number of para-hydroxylation sites is 4. The van der Waals surface area contributed by atoms with Crippen molar-refractivity contribution in [2.24, 2.45) is 0 Å². The number of nitrogens with zero attached hydrogens (tertiary/aromatic N) is 3. The normalized spacial score (nSPS) is 12.0. The predicted molar refractivity (Wildman–Crippen MR) is 261 cm³/mol. The fraction of sp³-hybridized carbons (Fsp3) is 0. The minimum absolute atomic E-state index is 0. The Hall–Kier alpha value is -7.38. The Morgan fingerprint density at radius 1 is 0.338 bits per heavy atom. The van der Waals surface area contributed by atoms with E-state index in [0.717, 1.165) is 101 Å². The van der Waals surface area contributed by atoms with Crippen molar-refractivity contribution in [3.63, 3.8) is 0 Å². The van der Waals surface area contributed by atoms with Gasteiger partial charge >= 0.3 is 0 Å². The van der Waals surface area contributed by atoms with Crippen molar-refractivity contribution in [1.29, 1.82) is 0 Å². The average Bonchev–Trinajstić information content (AvgIpc) is 3.39. The second kappa shape index (κ2) is 19.5. The number of hydrogen-bond donors (Lipinski definition) is 0. The molecule has 3 aromatic heterocycles. The molecule has 7 nitrogen and oxygen atoms in total. The first-order chi connectivity index (χ1) is 32.7. The third kappa shape index (κ3) is 8.35. The van der Waals surface area contributed by atoms with Gasteiger partial charge in [-0.3, -0.25) is 0 Å². The minimum Gasteiger partial charge on any atom is -0.478 e. The Balaban J connectivity index is 0.000000126. The first kappa shape index (κ1) is 44.5. The van der Waals surface area contributed by atoms with Gasteiger partial charge in [-0.25, -0.2) is 0 Å². The molecule has 0 bridgehead atoms. The number of ether oxygens (including phenoxy) is 4. The van der Waals surface area contributed by atoms with Crippen LogP contribution in [-0.4, -0.2) is 28.4 Å². The Bertz CT molecular complexity index is 3040. The van der Waals surface area contributed by atoms with Gasteiger partial charge in [0.2, 0.25) is 13.4 Å². The first-order valence-electron chi connectivity index (χ1n) is 21.7. The van der Waals surface area contributed by atoms with Crippen LogP contribution in [0, 0.1) is 18.2 Å². The molecule has 0 saturated heterocycles. The summed E-state index contributed by atoms with van der Waals surface area (Å²) in [6.45, 7) is 0.165. The van der Waals surface area contributed by atoms with Crippen molar-refractivity contribution < 1.29 is 59.2 Å². The number of aromatic nitrogens is 3. The van der Waals surface area contributed by atoms with E-state index in [4.69, 9.17) is 18.9 Å². The van der Waals surface area contributed by atoms with E-state index in [0.29, 0.717) is 11.5 Å². The van der Waals surface area contributed by atoms with Crippen LogP contribution in [0.2, 0.25) is 0 Å². The van der Waals surface area contributed by atoms with Crippen LogP contribution in [0.4, 0.5) is 0 Å². The maximum Gasteiger partial charge on any atom is 0.208 e. The summed E-state index contributed by atoms with van der Waals surface area (Å²) in [4.78, 5) is 13.1. The summed E-state index contributed by atoms with van der Waals surface area (Å²) in [6.07, 6.45) is 5.35. The van der Waals surface area contributed by atoms with Gasteiger partial charge in [-0.15, -0.1) is 59.2 Å². The zero-order valence-corrected chi connectivity index (χ0v) is 40.7. The summed E-state index contributed by atoms with van der Waals surface area (Å²) in [5, 5.41) is 0. The molecule has 4 aliphatic heterocycles. The van der Waals surface area contributed by atoms with E-state index in [9.17, 15) is 0 Å². The van der Waals surface area contributed by atoms with Gasteiger partial charge in [0.25, 0.3) is 0 Å². The molecule has 11 heteroatoms. The van der Waals surface area contributed by atoms with Gasteiger partial charge in [-0.05, 0) is 81.4 Å². The van der Waals surface area contributed by atoms with Gasteiger partial charge < -0.3 is 33.9 Å². The summed E-state index contributed by atoms with van der Waals surface area (Å²) >= 11 is 0. The standard InChI is InChI=1S/2C23H13BNO2.C11H8N.2Ir/c2*1-3-10-19-16(7-1)24-17-8-2-4-11-20(17)27-22-14-15(13-21(26-19)23(22)24)18-9-5-6-12-25-18;1-2-6-10(7-3-1)11-8-4-5-9-12-11;;/h2*1-13H;1-6,8-9H;;/q3*-1;;. The molecule has 2 radical (unpaired) electrons. The number of hydrogen-bond acceptors (Lipinski definition) is 7. The molecule has 0 N–H and O–H groups in total. The Kier molecular flexibility index (Phi) is 12.7. The molecule has 7 heterocycles. The number of rotatable bonds is 3. The fourth-order valence-corrected chi connectivity index (χ4v) is 9.03. The molecule has 7 aromatic carbocycles. The van der Waals surface area contributed by atoms with Crippen LogP contribution in [0.25, 0.3) is 33.8 Å². The summed E-state index contributed by atoms with van der Waals surface area (Å²) in [7, 11) is 0. The smallest absolute Gasteiger partial charge is 0.208 e. The molecule has 14 rings (SSSR count). The molecule has 68 heavy (non-hydrogen) atoms. The quantitative estimate of drug-likeness (QED) is 0.129. The van der Waals surface area contributed by atoms with Crippen LogP contribution in [0.3, 0.4) is 0 Å². The van der Waals surface area contributed by atoms with Crippen LogP contribution in [-0.2, 0) is 40.2 Å². The molecule has 10 aromatic rings. The van der Waals surface area contributed by atoms with Crippen molar-refractivity contribution in [1.82, 2.24) is 15.0 Å². The molecular weight excluding hydrogens is 1200 g/mol. The van der Waals surface area contributed by atoms with Crippen LogP contribution >= 0.6 is 0 Å². The van der Waals surface area contributed by atoms with Crippen molar-refractivity contribution in [3.05, 3.63) is 225 Å². The fourth-order valence-electron chi connectivity index (χ4n) is 9.03. The van der Waals surface area contributed by atoms with Crippen molar-refractivity contribution >= 4 is 46.2 Å². The van der Waals surface area contributed by atoms with Gasteiger partial charge in [0.05, 0.1) is 0 Å². The average molecular weight is 1230 g/mol. The number of fused-ring (bicyclic) bond motifs is 8. The SMILES string of the molecule is [Ir].[Ir].[c-]1c(-c2ccccn2)cc2c3c1Oc1ccccc1B3c1ccccc1O2.[c-]1c(-c2ccccn2)cc2c3c1Oc1ccccc1B3c1ccccc1O2.[c-]1ccccc1-c1ccccn1. The second-order valence-corrected chi connectivity index (χ2v) is 15.9. The van der Waals surface area contributed by atoms with E-state index in [-0.39, 0.29) is 53.6 Å². The molecule has 0 fully saturated rings. The van der Waals surface area contributed by atoms with E-state index in [2.05, 4.69) is 81.7 Å². The van der Waals surface area contributed by atoms with E-state index in [1.165, 1.54) is 0 Å². The maximum atomic E-state index is 6.27. The molecule has 4 aliphatic rings. The molecular formula is C57H34B2Ir2N3O4-3. The van der Waals surface area contributed by atoms with Gasteiger partial charge in [0, 0.05) is 81.8 Å². The zero-order valence-electron chi connectivity index (χ0n) is 35.9. The largest absolute Gasteiger partial charge is 0.478 e.